The molecule has 7 rings (SSSR count). The third-order valence-electron chi connectivity index (χ3n) is 10.3. The van der Waals surface area contributed by atoms with Crippen LogP contribution in [0.25, 0.3) is 11.3 Å². The molecule has 2 amide bonds. The molecule has 6 aromatic rings. The van der Waals surface area contributed by atoms with Gasteiger partial charge in [-0.3, -0.25) is 9.59 Å². The second-order valence-electron chi connectivity index (χ2n) is 13.8. The summed E-state index contributed by atoms with van der Waals surface area (Å²) in [5.74, 6) is 1.63. The van der Waals surface area contributed by atoms with Crippen molar-refractivity contribution in [1.29, 1.82) is 0 Å². The Labute approximate surface area is 331 Å². The zero-order chi connectivity index (χ0) is 39.3. The molecule has 2 aromatic heterocycles. The molecule has 56 heavy (non-hydrogen) atoms. The lowest BCUT2D eigenvalue weighted by molar-refractivity contribution is 0.0689. The first kappa shape index (κ1) is 38.0. The highest BCUT2D eigenvalue weighted by molar-refractivity contribution is 6.30. The van der Waals surface area contributed by atoms with Crippen molar-refractivity contribution in [2.45, 2.75) is 38.8 Å². The van der Waals surface area contributed by atoms with Crippen LogP contribution in [0.1, 0.15) is 63.7 Å². The van der Waals surface area contributed by atoms with Gasteiger partial charge >= 0.3 is 6.01 Å². The van der Waals surface area contributed by atoms with E-state index >= 15 is 0 Å². The molecule has 1 atom stereocenters. The van der Waals surface area contributed by atoms with E-state index in [1.807, 2.05) is 83.2 Å². The number of hydrogen-bond acceptors (Lipinski definition) is 9. The van der Waals surface area contributed by atoms with Gasteiger partial charge in [-0.15, -0.1) is 5.10 Å². The number of amides is 2. The van der Waals surface area contributed by atoms with Gasteiger partial charge in [0.2, 0.25) is 0 Å². The van der Waals surface area contributed by atoms with Crippen molar-refractivity contribution in [3.8, 4) is 28.8 Å². The van der Waals surface area contributed by atoms with Crippen LogP contribution in [-0.4, -0.2) is 80.9 Å². The van der Waals surface area contributed by atoms with E-state index < -0.39 is 0 Å². The molecular weight excluding hydrogens is 728 g/mol. The summed E-state index contributed by atoms with van der Waals surface area (Å²) in [7, 11) is 5.24. The zero-order valence-electron chi connectivity index (χ0n) is 32.0. The summed E-state index contributed by atoms with van der Waals surface area (Å²) in [5, 5.41) is 9.63. The first-order chi connectivity index (χ1) is 27.1. The number of para-hydroxylation sites is 1. The summed E-state index contributed by atoms with van der Waals surface area (Å²) < 4.78 is 13.3. The number of likely N-dealkylation sites (tertiary alicyclic amines) is 1. The standard InChI is InChI=1S/C43H43ClN8O4/c1-28-16-17-34(50(4)40-18-21-45-43(46-40)55-5)26-37(28)38-27-52(48-47-38)33-19-22-51(23-20-33)42(54)31-11-8-10-30(24-31)41(53)49(3)29(2)36-14-6-7-15-39(36)56-35-13-9-12-32(44)25-35/h6-18,21,24-27,29,33H,19-20,22-23H2,1-5H3. The second kappa shape index (κ2) is 16.6. The van der Waals surface area contributed by atoms with E-state index in [0.29, 0.717) is 52.6 Å². The maximum Gasteiger partial charge on any atom is 0.318 e. The Bertz CT molecular complexity index is 2360. The molecular formula is C43H43ClN8O4. The number of hydrogen-bond donors (Lipinski definition) is 0. The van der Waals surface area contributed by atoms with E-state index in [1.165, 1.54) is 0 Å². The molecule has 4 aromatic carbocycles. The Morgan fingerprint density at radius 1 is 0.911 bits per heavy atom. The highest BCUT2D eigenvalue weighted by atomic mass is 35.5. The van der Waals surface area contributed by atoms with Crippen molar-refractivity contribution >= 4 is 34.9 Å². The van der Waals surface area contributed by atoms with Crippen LogP contribution in [0.2, 0.25) is 5.02 Å². The number of ether oxygens (including phenoxy) is 2. The summed E-state index contributed by atoms with van der Waals surface area (Å²) in [6, 6.07) is 29.8. The summed E-state index contributed by atoms with van der Waals surface area (Å²) in [5.41, 5.74) is 5.50. The van der Waals surface area contributed by atoms with Gasteiger partial charge in [-0.1, -0.05) is 53.2 Å². The van der Waals surface area contributed by atoms with Gasteiger partial charge in [-0.25, -0.2) is 9.67 Å². The predicted molar refractivity (Wildman–Crippen MR) is 216 cm³/mol. The molecule has 286 valence electrons. The molecule has 1 aliphatic heterocycles. The second-order valence-corrected chi connectivity index (χ2v) is 14.3. The van der Waals surface area contributed by atoms with E-state index in [9.17, 15) is 9.59 Å². The van der Waals surface area contributed by atoms with Crippen molar-refractivity contribution in [3.63, 3.8) is 0 Å². The average Bonchev–Trinajstić information content (AvgIpc) is 3.73. The maximum absolute atomic E-state index is 13.8. The van der Waals surface area contributed by atoms with E-state index in [-0.39, 0.29) is 23.9 Å². The number of aromatic nitrogens is 5. The van der Waals surface area contributed by atoms with E-state index in [1.54, 1.807) is 61.7 Å². The molecule has 12 nitrogen and oxygen atoms in total. The number of anilines is 2. The Kier molecular flexibility index (Phi) is 11.3. The van der Waals surface area contributed by atoms with Gasteiger partial charge in [0.05, 0.1) is 25.4 Å². The van der Waals surface area contributed by atoms with Crippen LogP contribution in [0.5, 0.6) is 17.5 Å². The number of nitrogens with zero attached hydrogens (tertiary/aromatic N) is 8. The molecule has 3 heterocycles. The SMILES string of the molecule is COc1nccc(N(C)c2ccc(C)c(-c3cn(C4CCN(C(=O)c5cccc(C(=O)N(C)C(C)c6ccccc6Oc6cccc(Cl)c6)c5)CC4)nn3)c2)n1. The quantitative estimate of drug-likeness (QED) is 0.128. The Morgan fingerprint density at radius 2 is 1.68 bits per heavy atom. The van der Waals surface area contributed by atoms with E-state index in [4.69, 9.17) is 21.1 Å². The number of methoxy groups -OCH3 is 1. The van der Waals surface area contributed by atoms with Gasteiger partial charge < -0.3 is 24.2 Å². The van der Waals surface area contributed by atoms with E-state index in [2.05, 4.69) is 39.3 Å². The monoisotopic (exact) mass is 770 g/mol. The Hall–Kier alpha value is -6.27. The molecule has 1 unspecified atom stereocenters. The molecule has 0 bridgehead atoms. The largest absolute Gasteiger partial charge is 0.467 e. The number of halogens is 1. The highest BCUT2D eigenvalue weighted by Crippen LogP contribution is 2.34. The predicted octanol–water partition coefficient (Wildman–Crippen LogP) is 8.58. The van der Waals surface area contributed by atoms with Crippen molar-refractivity contribution in [3.05, 3.63) is 137 Å². The van der Waals surface area contributed by atoms with Gasteiger partial charge in [-0.05, 0) is 92.9 Å². The molecule has 1 aliphatic rings. The minimum absolute atomic E-state index is 0.0914. The molecule has 0 aliphatic carbocycles. The normalized spacial score (nSPS) is 13.6. The maximum atomic E-state index is 13.8. The van der Waals surface area contributed by atoms with E-state index in [0.717, 1.165) is 40.9 Å². The number of rotatable bonds is 11. The number of carbonyl (C=O) groups is 2. The fraction of sp³-hybridized carbons (Fsp3) is 0.256. The Balaban J connectivity index is 0.986. The smallest absolute Gasteiger partial charge is 0.318 e. The van der Waals surface area contributed by atoms with Crippen LogP contribution >= 0.6 is 11.6 Å². The highest BCUT2D eigenvalue weighted by Gasteiger charge is 2.27. The summed E-state index contributed by atoms with van der Waals surface area (Å²) in [6.45, 7) is 5.11. The van der Waals surface area contributed by atoms with Crippen LogP contribution < -0.4 is 14.4 Å². The number of piperidine rings is 1. The first-order valence-corrected chi connectivity index (χ1v) is 18.8. The minimum atomic E-state index is -0.322. The third kappa shape index (κ3) is 8.20. The average molecular weight is 771 g/mol. The fourth-order valence-electron chi connectivity index (χ4n) is 6.89. The van der Waals surface area contributed by atoms with Crippen LogP contribution in [-0.2, 0) is 0 Å². The van der Waals surface area contributed by atoms with Gasteiger partial charge in [0, 0.05) is 66.3 Å². The van der Waals surface area contributed by atoms with Crippen LogP contribution in [0.15, 0.2) is 109 Å². The van der Waals surface area contributed by atoms with Crippen LogP contribution in [0.3, 0.4) is 0 Å². The molecule has 13 heteroatoms. The van der Waals surface area contributed by atoms with Crippen molar-refractivity contribution < 1.29 is 19.1 Å². The molecule has 0 spiro atoms. The minimum Gasteiger partial charge on any atom is -0.467 e. The van der Waals surface area contributed by atoms with Crippen LogP contribution in [0.4, 0.5) is 11.5 Å². The van der Waals surface area contributed by atoms with Gasteiger partial charge in [0.25, 0.3) is 11.8 Å². The van der Waals surface area contributed by atoms with Crippen LogP contribution in [0, 0.1) is 6.92 Å². The first-order valence-electron chi connectivity index (χ1n) is 18.4. The summed E-state index contributed by atoms with van der Waals surface area (Å²) in [6.07, 6.45) is 5.10. The number of benzene rings is 4. The molecule has 1 fully saturated rings. The molecule has 0 radical (unpaired) electrons. The zero-order valence-corrected chi connectivity index (χ0v) is 32.7. The lowest BCUT2D eigenvalue weighted by Crippen LogP contribution is -2.39. The summed E-state index contributed by atoms with van der Waals surface area (Å²) >= 11 is 6.17. The molecule has 0 saturated carbocycles. The molecule has 1 saturated heterocycles. The van der Waals surface area contributed by atoms with Gasteiger partial charge in [0.1, 0.15) is 23.0 Å². The fourth-order valence-corrected chi connectivity index (χ4v) is 7.07. The topological polar surface area (TPSA) is 119 Å². The van der Waals surface area contributed by atoms with Crippen molar-refractivity contribution in [2.24, 2.45) is 0 Å². The third-order valence-corrected chi connectivity index (χ3v) is 10.6. The van der Waals surface area contributed by atoms with Gasteiger partial charge in [-0.2, -0.15) is 4.98 Å². The van der Waals surface area contributed by atoms with Gasteiger partial charge in [0.15, 0.2) is 0 Å². The lowest BCUT2D eigenvalue weighted by atomic mass is 10.0. The lowest BCUT2D eigenvalue weighted by Gasteiger charge is -2.32. The van der Waals surface area contributed by atoms with Crippen molar-refractivity contribution in [1.82, 2.24) is 34.8 Å². The molecule has 0 N–H and O–H groups in total. The van der Waals surface area contributed by atoms with Crippen molar-refractivity contribution in [2.75, 3.05) is 39.2 Å². The summed E-state index contributed by atoms with van der Waals surface area (Å²) in [4.78, 5) is 41.6. The number of aryl methyl sites for hydroxylation is 1. The number of carbonyl (C=O) groups excluding carboxylic acids is 2. The Morgan fingerprint density at radius 3 is 2.46 bits per heavy atom.